The summed E-state index contributed by atoms with van der Waals surface area (Å²) in [4.78, 5) is 10.4. The van der Waals surface area contributed by atoms with Gasteiger partial charge in [0.25, 0.3) is 0 Å². The Kier molecular flexibility index (Phi) is 2.60. The molecule has 6 heteroatoms. The molecule has 1 aromatic carbocycles. The Bertz CT molecular complexity index is 378. The highest BCUT2D eigenvalue weighted by Gasteiger charge is 2.20. The van der Waals surface area contributed by atoms with Crippen LogP contribution in [0.5, 0.6) is 0 Å². The second-order valence-corrected chi connectivity index (χ2v) is 2.95. The molecule has 0 fully saturated rings. The van der Waals surface area contributed by atoms with Crippen LogP contribution < -0.4 is 0 Å². The quantitative estimate of drug-likeness (QED) is 0.618. The number of benzene rings is 1. The smallest absolute Gasteiger partial charge is 0.337 e. The van der Waals surface area contributed by atoms with E-state index in [2.05, 4.69) is 15.9 Å². The average molecular weight is 255 g/mol. The number of aromatic carboxylic acids is 1. The van der Waals surface area contributed by atoms with Gasteiger partial charge < -0.3 is 5.11 Å². The van der Waals surface area contributed by atoms with Gasteiger partial charge in [-0.25, -0.2) is 18.0 Å². The van der Waals surface area contributed by atoms with Gasteiger partial charge in [0.05, 0.1) is 10.0 Å². The molecule has 1 N–H and O–H groups in total. The first-order valence-electron chi connectivity index (χ1n) is 3.01. The SMILES string of the molecule is O=C(O)c1cc(F)c(F)c(F)c1Br. The second-order valence-electron chi connectivity index (χ2n) is 2.15. The second kappa shape index (κ2) is 3.37. The number of carboxylic acids is 1. The van der Waals surface area contributed by atoms with Crippen LogP contribution in [0.25, 0.3) is 0 Å². The van der Waals surface area contributed by atoms with Crippen LogP contribution >= 0.6 is 15.9 Å². The molecule has 0 aromatic heterocycles. The molecule has 2 nitrogen and oxygen atoms in total. The summed E-state index contributed by atoms with van der Waals surface area (Å²) >= 11 is 2.50. The van der Waals surface area contributed by atoms with Crippen LogP contribution in [-0.2, 0) is 0 Å². The highest BCUT2D eigenvalue weighted by atomic mass is 79.9. The first-order chi connectivity index (χ1) is 5.95. The van der Waals surface area contributed by atoms with Crippen LogP contribution in [0, 0.1) is 17.5 Å². The van der Waals surface area contributed by atoms with Gasteiger partial charge in [0.2, 0.25) is 0 Å². The lowest BCUT2D eigenvalue weighted by Crippen LogP contribution is -2.03. The molecule has 0 saturated heterocycles. The summed E-state index contributed by atoms with van der Waals surface area (Å²) in [6.07, 6.45) is 0. The van der Waals surface area contributed by atoms with Crippen molar-refractivity contribution in [2.75, 3.05) is 0 Å². The fourth-order valence-electron chi connectivity index (χ4n) is 0.728. The molecule has 0 heterocycles. The molecule has 0 aliphatic rings. The summed E-state index contributed by atoms with van der Waals surface area (Å²) in [5.74, 6) is -6.31. The number of carbonyl (C=O) groups is 1. The maximum Gasteiger partial charge on any atom is 0.337 e. The van der Waals surface area contributed by atoms with E-state index in [1.54, 1.807) is 0 Å². The molecule has 0 amide bonds. The third-order valence-corrected chi connectivity index (χ3v) is 2.11. The van der Waals surface area contributed by atoms with Crippen molar-refractivity contribution in [3.05, 3.63) is 33.6 Å². The molecule has 0 unspecified atom stereocenters. The van der Waals surface area contributed by atoms with E-state index in [0.717, 1.165) is 0 Å². The predicted octanol–water partition coefficient (Wildman–Crippen LogP) is 2.56. The van der Waals surface area contributed by atoms with Crippen LogP contribution in [0.4, 0.5) is 13.2 Å². The zero-order chi connectivity index (χ0) is 10.2. The summed E-state index contributed by atoms with van der Waals surface area (Å²) in [5, 5.41) is 8.42. The largest absolute Gasteiger partial charge is 0.478 e. The van der Waals surface area contributed by atoms with Crippen LogP contribution in [0.3, 0.4) is 0 Å². The minimum atomic E-state index is -1.70. The molecular weight excluding hydrogens is 253 g/mol. The zero-order valence-electron chi connectivity index (χ0n) is 5.94. The van der Waals surface area contributed by atoms with E-state index in [9.17, 15) is 18.0 Å². The van der Waals surface area contributed by atoms with Crippen LogP contribution in [0.2, 0.25) is 0 Å². The fraction of sp³-hybridized carbons (Fsp3) is 0. The van der Waals surface area contributed by atoms with Crippen molar-refractivity contribution in [1.82, 2.24) is 0 Å². The van der Waals surface area contributed by atoms with Crippen LogP contribution in [0.1, 0.15) is 10.4 Å². The summed E-state index contributed by atoms with van der Waals surface area (Å²) in [5.41, 5.74) is -0.656. The molecule has 0 radical (unpaired) electrons. The van der Waals surface area contributed by atoms with E-state index in [0.29, 0.717) is 6.07 Å². The van der Waals surface area contributed by atoms with Crippen LogP contribution in [-0.4, -0.2) is 11.1 Å². The lowest BCUT2D eigenvalue weighted by atomic mass is 10.2. The van der Waals surface area contributed by atoms with Gasteiger partial charge in [-0.3, -0.25) is 0 Å². The minimum Gasteiger partial charge on any atom is -0.478 e. The molecule has 0 aliphatic carbocycles. The van der Waals surface area contributed by atoms with Crippen molar-refractivity contribution >= 4 is 21.9 Å². The van der Waals surface area contributed by atoms with Gasteiger partial charge in [-0.05, 0) is 22.0 Å². The van der Waals surface area contributed by atoms with Gasteiger partial charge in [0.15, 0.2) is 17.5 Å². The van der Waals surface area contributed by atoms with E-state index in [4.69, 9.17) is 5.11 Å². The van der Waals surface area contributed by atoms with Crippen molar-refractivity contribution in [3.63, 3.8) is 0 Å². The molecule has 0 bridgehead atoms. The predicted molar refractivity (Wildman–Crippen MR) is 41.0 cm³/mol. The number of halogens is 4. The highest BCUT2D eigenvalue weighted by Crippen LogP contribution is 2.25. The molecule has 1 aromatic rings. The normalized spacial score (nSPS) is 10.2. The van der Waals surface area contributed by atoms with Crippen molar-refractivity contribution < 1.29 is 23.1 Å². The summed E-state index contributed by atoms with van der Waals surface area (Å²) in [7, 11) is 0. The third-order valence-electron chi connectivity index (χ3n) is 1.33. The van der Waals surface area contributed by atoms with Gasteiger partial charge in [-0.1, -0.05) is 0 Å². The van der Waals surface area contributed by atoms with Gasteiger partial charge >= 0.3 is 5.97 Å². The van der Waals surface area contributed by atoms with Gasteiger partial charge in [0.1, 0.15) is 0 Å². The fourth-order valence-corrected chi connectivity index (χ4v) is 1.19. The van der Waals surface area contributed by atoms with Crippen LogP contribution in [0.15, 0.2) is 10.5 Å². The Hall–Kier alpha value is -1.04. The monoisotopic (exact) mass is 254 g/mol. The first-order valence-corrected chi connectivity index (χ1v) is 3.80. The first kappa shape index (κ1) is 10.0. The lowest BCUT2D eigenvalue weighted by Gasteiger charge is -2.01. The van der Waals surface area contributed by atoms with Gasteiger partial charge in [-0.2, -0.15) is 0 Å². The van der Waals surface area contributed by atoms with E-state index < -0.39 is 33.5 Å². The number of hydrogen-bond acceptors (Lipinski definition) is 1. The van der Waals surface area contributed by atoms with Crippen molar-refractivity contribution in [2.24, 2.45) is 0 Å². The molecule has 0 aliphatic heterocycles. The Morgan fingerprint density at radius 1 is 1.31 bits per heavy atom. The Morgan fingerprint density at radius 2 is 1.85 bits per heavy atom. The van der Waals surface area contributed by atoms with E-state index in [1.807, 2.05) is 0 Å². The van der Waals surface area contributed by atoms with E-state index in [-0.39, 0.29) is 0 Å². The summed E-state index contributed by atoms with van der Waals surface area (Å²) in [6.45, 7) is 0. The molecule has 0 spiro atoms. The molecule has 70 valence electrons. The Labute approximate surface area is 79.1 Å². The number of hydrogen-bond donors (Lipinski definition) is 1. The topological polar surface area (TPSA) is 37.3 Å². The standard InChI is InChI=1S/C7H2BrF3O2/c8-4-2(7(12)13)1-3(9)5(10)6(4)11/h1H,(H,12,13). The third kappa shape index (κ3) is 1.67. The zero-order valence-corrected chi connectivity index (χ0v) is 7.53. The Balaban J connectivity index is 3.50. The van der Waals surface area contributed by atoms with Crippen molar-refractivity contribution in [1.29, 1.82) is 0 Å². The van der Waals surface area contributed by atoms with Gasteiger partial charge in [-0.15, -0.1) is 0 Å². The molecule has 0 atom stereocenters. The maximum absolute atomic E-state index is 12.7. The summed E-state index contributed by atoms with van der Waals surface area (Å²) in [6, 6.07) is 0.408. The number of rotatable bonds is 1. The molecule has 13 heavy (non-hydrogen) atoms. The number of carboxylic acid groups (broad SMARTS) is 1. The lowest BCUT2D eigenvalue weighted by molar-refractivity contribution is 0.0694. The molecule has 1 rings (SSSR count). The maximum atomic E-state index is 12.7. The van der Waals surface area contributed by atoms with E-state index in [1.165, 1.54) is 0 Å². The summed E-state index contributed by atoms with van der Waals surface area (Å²) < 4.78 is 37.0. The van der Waals surface area contributed by atoms with Crippen molar-refractivity contribution in [2.45, 2.75) is 0 Å². The highest BCUT2D eigenvalue weighted by molar-refractivity contribution is 9.10. The van der Waals surface area contributed by atoms with E-state index >= 15 is 0 Å². The molecule has 0 saturated carbocycles. The Morgan fingerprint density at radius 3 is 2.31 bits per heavy atom. The minimum absolute atomic E-state index is 0.408. The van der Waals surface area contributed by atoms with Gasteiger partial charge in [0, 0.05) is 0 Å². The average Bonchev–Trinajstić information content (AvgIpc) is 2.07. The molecular formula is C7H2BrF3O2. The van der Waals surface area contributed by atoms with Crippen molar-refractivity contribution in [3.8, 4) is 0 Å².